The molecule has 3 heterocycles. The van der Waals surface area contributed by atoms with Gasteiger partial charge in [-0.2, -0.15) is 14.5 Å². The van der Waals surface area contributed by atoms with Crippen molar-refractivity contribution >= 4 is 10.0 Å². The van der Waals surface area contributed by atoms with Gasteiger partial charge in [-0.05, 0) is 19.8 Å². The lowest BCUT2D eigenvalue weighted by molar-refractivity contribution is 0.329. The fourth-order valence-corrected chi connectivity index (χ4v) is 4.43. The Morgan fingerprint density at radius 3 is 2.79 bits per heavy atom. The van der Waals surface area contributed by atoms with Crippen molar-refractivity contribution in [1.82, 2.24) is 28.4 Å². The molecular formula is C14H22N6O3S. The first-order valence-electron chi connectivity index (χ1n) is 7.97. The summed E-state index contributed by atoms with van der Waals surface area (Å²) in [4.78, 5) is 12.2. The van der Waals surface area contributed by atoms with Crippen molar-refractivity contribution in [1.29, 1.82) is 0 Å². The molecule has 2 aromatic heterocycles. The predicted molar refractivity (Wildman–Crippen MR) is 87.0 cm³/mol. The molecule has 9 nitrogen and oxygen atoms in total. The first-order chi connectivity index (χ1) is 11.3. The number of hydrogen-bond acceptors (Lipinski definition) is 5. The van der Waals surface area contributed by atoms with Gasteiger partial charge in [0.1, 0.15) is 10.7 Å². The predicted octanol–water partition coefficient (Wildman–Crippen LogP) is -0.176. The van der Waals surface area contributed by atoms with Crippen LogP contribution in [0.15, 0.2) is 22.1 Å². The normalized spacial score (nSPS) is 18.6. The molecule has 0 saturated carbocycles. The van der Waals surface area contributed by atoms with Crippen LogP contribution in [0.3, 0.4) is 0 Å². The molecule has 0 bridgehead atoms. The second-order valence-electron chi connectivity index (χ2n) is 6.01. The average Bonchev–Trinajstić information content (AvgIpc) is 3.08. The van der Waals surface area contributed by atoms with Crippen molar-refractivity contribution in [2.75, 3.05) is 7.05 Å². The minimum absolute atomic E-state index is 0.152. The van der Waals surface area contributed by atoms with E-state index in [2.05, 4.69) is 10.2 Å². The zero-order chi connectivity index (χ0) is 17.5. The van der Waals surface area contributed by atoms with Crippen LogP contribution in [0.25, 0.3) is 0 Å². The molecule has 0 fully saturated rings. The molecule has 0 amide bonds. The van der Waals surface area contributed by atoms with E-state index in [4.69, 9.17) is 0 Å². The summed E-state index contributed by atoms with van der Waals surface area (Å²) < 4.78 is 31.5. The van der Waals surface area contributed by atoms with E-state index in [1.165, 1.54) is 15.2 Å². The second-order valence-corrected chi connectivity index (χ2v) is 8.01. The third kappa shape index (κ3) is 2.80. The summed E-state index contributed by atoms with van der Waals surface area (Å²) in [7, 11) is -0.375. The van der Waals surface area contributed by atoms with Crippen molar-refractivity contribution in [3.63, 3.8) is 0 Å². The monoisotopic (exact) mass is 354 g/mol. The SMILES string of the molecule is CCn1cc(S(=O)(=O)N(C)C2CCc3nn(C)c(=O)n3CC2)cn1. The van der Waals surface area contributed by atoms with E-state index in [9.17, 15) is 13.2 Å². The summed E-state index contributed by atoms with van der Waals surface area (Å²) in [6, 6.07) is -0.175. The summed E-state index contributed by atoms with van der Waals surface area (Å²) in [5, 5.41) is 8.27. The Morgan fingerprint density at radius 2 is 2.12 bits per heavy atom. The zero-order valence-corrected chi connectivity index (χ0v) is 14.9. The number of aryl methyl sites for hydroxylation is 3. The number of nitrogens with zero attached hydrogens (tertiary/aromatic N) is 6. The maximum Gasteiger partial charge on any atom is 0.345 e. The van der Waals surface area contributed by atoms with Crippen LogP contribution in [0, 0.1) is 0 Å². The summed E-state index contributed by atoms with van der Waals surface area (Å²) in [5.74, 6) is 0.717. The second kappa shape index (κ2) is 6.17. The third-order valence-corrected chi connectivity index (χ3v) is 6.46. The van der Waals surface area contributed by atoms with Gasteiger partial charge in [-0.1, -0.05) is 0 Å². The molecule has 1 aliphatic heterocycles. The molecule has 2 aromatic rings. The van der Waals surface area contributed by atoms with Gasteiger partial charge in [-0.3, -0.25) is 9.25 Å². The van der Waals surface area contributed by atoms with Gasteiger partial charge in [-0.25, -0.2) is 17.9 Å². The summed E-state index contributed by atoms with van der Waals surface area (Å²) in [5.41, 5.74) is -0.152. The van der Waals surface area contributed by atoms with E-state index >= 15 is 0 Å². The number of hydrogen-bond donors (Lipinski definition) is 0. The molecule has 0 radical (unpaired) electrons. The van der Waals surface area contributed by atoms with Crippen molar-refractivity contribution < 1.29 is 8.42 Å². The lowest BCUT2D eigenvalue weighted by Crippen LogP contribution is -2.37. The lowest BCUT2D eigenvalue weighted by Gasteiger charge is -2.25. The molecular weight excluding hydrogens is 332 g/mol. The van der Waals surface area contributed by atoms with E-state index in [1.54, 1.807) is 29.5 Å². The molecule has 0 N–H and O–H groups in total. The Morgan fingerprint density at radius 1 is 1.38 bits per heavy atom. The van der Waals surface area contributed by atoms with Crippen molar-refractivity contribution in [3.05, 3.63) is 28.7 Å². The van der Waals surface area contributed by atoms with Gasteiger partial charge in [-0.15, -0.1) is 0 Å². The number of rotatable bonds is 4. The zero-order valence-electron chi connectivity index (χ0n) is 14.1. The molecule has 1 unspecified atom stereocenters. The van der Waals surface area contributed by atoms with Crippen LogP contribution < -0.4 is 5.69 Å². The molecule has 0 aliphatic carbocycles. The van der Waals surface area contributed by atoms with Crippen LogP contribution in [0.1, 0.15) is 25.6 Å². The van der Waals surface area contributed by atoms with Crippen LogP contribution in [-0.2, 0) is 36.6 Å². The van der Waals surface area contributed by atoms with Gasteiger partial charge in [0.05, 0.1) is 6.20 Å². The average molecular weight is 354 g/mol. The summed E-state index contributed by atoms with van der Waals surface area (Å²) in [6.07, 6.45) is 4.72. The molecule has 0 saturated heterocycles. The number of aromatic nitrogens is 5. The third-order valence-electron chi connectivity index (χ3n) is 4.60. The highest BCUT2D eigenvalue weighted by atomic mass is 32.2. The van der Waals surface area contributed by atoms with E-state index < -0.39 is 10.0 Å². The molecule has 10 heteroatoms. The largest absolute Gasteiger partial charge is 0.345 e. The fourth-order valence-electron chi connectivity index (χ4n) is 3.06. The maximum atomic E-state index is 12.8. The smallest absolute Gasteiger partial charge is 0.279 e. The standard InChI is InChI=1S/C14H22N6O3S/c1-4-19-10-12(9-15-19)24(22,23)18(3)11-5-6-13-16-17(2)14(21)20(13)8-7-11/h9-11H,4-8H2,1-3H3. The van der Waals surface area contributed by atoms with Gasteiger partial charge in [0.2, 0.25) is 10.0 Å². The quantitative estimate of drug-likeness (QED) is 0.759. The highest BCUT2D eigenvalue weighted by Gasteiger charge is 2.31. The highest BCUT2D eigenvalue weighted by Crippen LogP contribution is 2.22. The van der Waals surface area contributed by atoms with Gasteiger partial charge in [0, 0.05) is 45.8 Å². The Bertz CT molecular complexity index is 894. The van der Waals surface area contributed by atoms with Crippen LogP contribution in [0.2, 0.25) is 0 Å². The van der Waals surface area contributed by atoms with E-state index in [1.807, 2.05) is 6.92 Å². The van der Waals surface area contributed by atoms with Crippen LogP contribution in [0.5, 0.6) is 0 Å². The Labute approximate surface area is 140 Å². The summed E-state index contributed by atoms with van der Waals surface area (Å²) in [6.45, 7) is 2.99. The Balaban J connectivity index is 1.81. The molecule has 24 heavy (non-hydrogen) atoms. The van der Waals surface area contributed by atoms with Crippen LogP contribution >= 0.6 is 0 Å². The molecule has 0 aromatic carbocycles. The highest BCUT2D eigenvalue weighted by molar-refractivity contribution is 7.89. The number of sulfonamides is 1. The minimum atomic E-state index is -3.60. The summed E-state index contributed by atoms with van der Waals surface area (Å²) >= 11 is 0. The Hall–Kier alpha value is -1.94. The molecule has 0 spiro atoms. The molecule has 3 rings (SSSR count). The van der Waals surface area contributed by atoms with Crippen molar-refractivity contribution in [2.24, 2.45) is 7.05 Å². The minimum Gasteiger partial charge on any atom is -0.279 e. The molecule has 1 aliphatic rings. The van der Waals surface area contributed by atoms with Crippen LogP contribution in [0.4, 0.5) is 0 Å². The van der Waals surface area contributed by atoms with Gasteiger partial charge in [0.25, 0.3) is 0 Å². The lowest BCUT2D eigenvalue weighted by atomic mass is 10.1. The molecule has 132 valence electrons. The van der Waals surface area contributed by atoms with Gasteiger partial charge >= 0.3 is 5.69 Å². The first-order valence-corrected chi connectivity index (χ1v) is 9.41. The van der Waals surface area contributed by atoms with Crippen LogP contribution in [-0.4, -0.2) is 49.9 Å². The van der Waals surface area contributed by atoms with Gasteiger partial charge < -0.3 is 0 Å². The fraction of sp³-hybridized carbons (Fsp3) is 0.643. The topological polar surface area (TPSA) is 95.0 Å². The van der Waals surface area contributed by atoms with Gasteiger partial charge in [0.15, 0.2) is 0 Å². The van der Waals surface area contributed by atoms with E-state index in [-0.39, 0.29) is 16.6 Å². The van der Waals surface area contributed by atoms with E-state index in [0.717, 1.165) is 5.82 Å². The van der Waals surface area contributed by atoms with Crippen molar-refractivity contribution in [2.45, 2.75) is 50.2 Å². The first kappa shape index (κ1) is 16.9. The number of fused-ring (bicyclic) bond motifs is 1. The van der Waals surface area contributed by atoms with E-state index in [0.29, 0.717) is 32.4 Å². The molecule has 1 atom stereocenters. The maximum absolute atomic E-state index is 12.8. The Kier molecular flexibility index (Phi) is 4.35. The van der Waals surface area contributed by atoms with Crippen molar-refractivity contribution in [3.8, 4) is 0 Å².